The fourth-order valence-electron chi connectivity index (χ4n) is 8.37. The van der Waals surface area contributed by atoms with Crippen molar-refractivity contribution < 1.29 is 32.9 Å². The lowest BCUT2D eigenvalue weighted by atomic mass is 10.0. The van der Waals surface area contributed by atoms with Gasteiger partial charge in [-0.3, -0.25) is 13.8 Å². The zero-order valence-electron chi connectivity index (χ0n) is 44.4. The van der Waals surface area contributed by atoms with Crippen LogP contribution in [-0.2, 0) is 18.4 Å². The Hall–Kier alpha value is -1.28. The van der Waals surface area contributed by atoms with E-state index in [0.29, 0.717) is 17.4 Å². The number of aliphatic hydroxyl groups excluding tert-OH is 1. The van der Waals surface area contributed by atoms with Gasteiger partial charge in [-0.2, -0.15) is 0 Å². The minimum Gasteiger partial charge on any atom is -0.387 e. The minimum absolute atomic E-state index is 0.0550. The van der Waals surface area contributed by atoms with E-state index in [4.69, 9.17) is 9.05 Å². The molecule has 0 aliphatic carbocycles. The molecule has 390 valence electrons. The number of nitrogens with one attached hydrogen (secondary N) is 1. The first-order valence-electron chi connectivity index (χ1n) is 28.4. The van der Waals surface area contributed by atoms with Crippen molar-refractivity contribution in [3.8, 4) is 0 Å². The van der Waals surface area contributed by atoms with E-state index in [1.54, 1.807) is 6.08 Å². The smallest absolute Gasteiger partial charge is 0.387 e. The summed E-state index contributed by atoms with van der Waals surface area (Å²) in [5.74, 6) is -0.188. The van der Waals surface area contributed by atoms with Gasteiger partial charge in [0.2, 0.25) is 5.91 Å². The van der Waals surface area contributed by atoms with Crippen LogP contribution < -0.4 is 5.32 Å². The number of likely N-dealkylation sites (N-methyl/N-ethyl adjacent to an activating group) is 1. The minimum atomic E-state index is -4.35. The standard InChI is InChI=1S/C57H111N2O6P/c1-6-8-10-12-14-16-18-20-22-23-24-25-26-27-28-29-30-31-32-33-34-35-37-38-40-42-44-46-48-50-56(60)55(54-65-66(62,63)64-53-52-59(3,4)5)58-57(61)51-49-47-45-43-41-39-36-21-19-17-15-13-11-9-7-2/h34-35,40,42,48,50,55-56,60H,6-33,36-39,41,43-47,49,51-54H2,1-5H3,(H-,58,61,62,63)/p+1/b35-34+,42-40+,50-48+. The monoisotopic (exact) mass is 952 g/mol. The number of amides is 1. The van der Waals surface area contributed by atoms with Gasteiger partial charge >= 0.3 is 7.82 Å². The molecule has 0 radical (unpaired) electrons. The topological polar surface area (TPSA) is 105 Å². The highest BCUT2D eigenvalue weighted by Crippen LogP contribution is 2.43. The molecule has 3 N–H and O–H groups in total. The molecule has 9 heteroatoms. The third-order valence-corrected chi connectivity index (χ3v) is 13.8. The summed E-state index contributed by atoms with van der Waals surface area (Å²) in [6, 6.07) is -0.867. The van der Waals surface area contributed by atoms with E-state index < -0.39 is 20.0 Å². The first kappa shape index (κ1) is 64.7. The van der Waals surface area contributed by atoms with Crippen molar-refractivity contribution >= 4 is 13.7 Å². The molecular weight excluding hydrogens is 840 g/mol. The normalized spacial score (nSPS) is 14.2. The van der Waals surface area contributed by atoms with Gasteiger partial charge in [0, 0.05) is 6.42 Å². The van der Waals surface area contributed by atoms with Crippen molar-refractivity contribution in [1.82, 2.24) is 5.32 Å². The van der Waals surface area contributed by atoms with Gasteiger partial charge in [-0.1, -0.05) is 256 Å². The van der Waals surface area contributed by atoms with E-state index in [2.05, 4.69) is 43.5 Å². The summed E-state index contributed by atoms with van der Waals surface area (Å²) >= 11 is 0. The molecule has 0 bridgehead atoms. The zero-order chi connectivity index (χ0) is 48.5. The average molecular weight is 953 g/mol. The Kier molecular flexibility index (Phi) is 47.8. The second-order valence-electron chi connectivity index (χ2n) is 20.7. The van der Waals surface area contributed by atoms with Crippen LogP contribution in [-0.4, -0.2) is 73.4 Å². The molecule has 0 fully saturated rings. The van der Waals surface area contributed by atoms with Crippen LogP contribution in [0, 0.1) is 0 Å². The second kappa shape index (κ2) is 48.7. The number of hydrogen-bond acceptors (Lipinski definition) is 5. The molecular formula is C57H112N2O6P+. The largest absolute Gasteiger partial charge is 0.472 e. The summed E-state index contributed by atoms with van der Waals surface area (Å²) in [4.78, 5) is 23.2. The Morgan fingerprint density at radius 2 is 0.833 bits per heavy atom. The Labute approximate surface area is 410 Å². The Morgan fingerprint density at radius 3 is 1.21 bits per heavy atom. The molecule has 0 rings (SSSR count). The van der Waals surface area contributed by atoms with Gasteiger partial charge in [0.15, 0.2) is 0 Å². The number of carbonyl (C=O) groups excluding carboxylic acids is 1. The highest BCUT2D eigenvalue weighted by molar-refractivity contribution is 7.47. The number of unbranched alkanes of at least 4 members (excludes halogenated alkanes) is 35. The van der Waals surface area contributed by atoms with Crippen LogP contribution in [0.2, 0.25) is 0 Å². The quantitative estimate of drug-likeness (QED) is 0.0243. The van der Waals surface area contributed by atoms with Gasteiger partial charge in [-0.05, 0) is 44.9 Å². The van der Waals surface area contributed by atoms with Crippen LogP contribution >= 0.6 is 7.82 Å². The van der Waals surface area contributed by atoms with E-state index in [9.17, 15) is 19.4 Å². The molecule has 3 atom stereocenters. The lowest BCUT2D eigenvalue weighted by Crippen LogP contribution is -2.45. The van der Waals surface area contributed by atoms with Crippen LogP contribution in [0.1, 0.15) is 271 Å². The van der Waals surface area contributed by atoms with E-state index in [-0.39, 0.29) is 19.1 Å². The van der Waals surface area contributed by atoms with Gasteiger partial charge in [-0.15, -0.1) is 0 Å². The molecule has 3 unspecified atom stereocenters. The van der Waals surface area contributed by atoms with Crippen molar-refractivity contribution in [3.63, 3.8) is 0 Å². The van der Waals surface area contributed by atoms with E-state index >= 15 is 0 Å². The summed E-state index contributed by atoms with van der Waals surface area (Å²) in [5, 5.41) is 13.9. The van der Waals surface area contributed by atoms with Crippen LogP contribution in [0.25, 0.3) is 0 Å². The average Bonchev–Trinajstić information content (AvgIpc) is 3.28. The molecule has 0 spiro atoms. The van der Waals surface area contributed by atoms with Crippen LogP contribution in [0.4, 0.5) is 0 Å². The van der Waals surface area contributed by atoms with Crippen LogP contribution in [0.3, 0.4) is 0 Å². The molecule has 0 saturated heterocycles. The fourth-order valence-corrected chi connectivity index (χ4v) is 9.11. The molecule has 8 nitrogen and oxygen atoms in total. The van der Waals surface area contributed by atoms with Crippen molar-refractivity contribution in [2.75, 3.05) is 40.9 Å². The van der Waals surface area contributed by atoms with Gasteiger partial charge < -0.3 is 19.8 Å². The molecule has 0 aromatic rings. The number of aliphatic hydroxyl groups is 1. The van der Waals surface area contributed by atoms with E-state index in [0.717, 1.165) is 44.9 Å². The SMILES string of the molecule is CCCCCCCCCCCCCCCCCCCCC/C=C/CC/C=C/CC/C=C/C(O)C(COP(=O)(O)OCC[N+](C)(C)C)NC(=O)CCCCCCCCCCCCCCCCC. The number of phosphoric ester groups is 1. The molecule has 1 amide bonds. The highest BCUT2D eigenvalue weighted by Gasteiger charge is 2.27. The second-order valence-corrected chi connectivity index (χ2v) is 22.1. The van der Waals surface area contributed by atoms with Crippen molar-refractivity contribution in [1.29, 1.82) is 0 Å². The lowest BCUT2D eigenvalue weighted by molar-refractivity contribution is -0.870. The van der Waals surface area contributed by atoms with E-state index in [1.807, 2.05) is 27.2 Å². The van der Waals surface area contributed by atoms with Crippen LogP contribution in [0.15, 0.2) is 36.5 Å². The summed E-state index contributed by atoms with van der Waals surface area (Å²) < 4.78 is 23.6. The zero-order valence-corrected chi connectivity index (χ0v) is 45.3. The highest BCUT2D eigenvalue weighted by atomic mass is 31.2. The predicted octanol–water partition coefficient (Wildman–Crippen LogP) is 17.0. The first-order valence-corrected chi connectivity index (χ1v) is 29.9. The maximum atomic E-state index is 12.9. The lowest BCUT2D eigenvalue weighted by Gasteiger charge is -2.25. The Bertz CT molecular complexity index is 1170. The number of phosphoric acid groups is 1. The Balaban J connectivity index is 4.22. The molecule has 0 aliphatic heterocycles. The number of hydrogen-bond donors (Lipinski definition) is 3. The van der Waals surface area contributed by atoms with Crippen molar-refractivity contribution in [3.05, 3.63) is 36.5 Å². The molecule has 0 saturated carbocycles. The molecule has 0 heterocycles. The molecule has 66 heavy (non-hydrogen) atoms. The third-order valence-electron chi connectivity index (χ3n) is 12.8. The molecule has 0 aromatic heterocycles. The Morgan fingerprint density at radius 1 is 0.500 bits per heavy atom. The fraction of sp³-hybridized carbons (Fsp3) is 0.877. The number of quaternary nitrogens is 1. The number of rotatable bonds is 52. The summed E-state index contributed by atoms with van der Waals surface area (Å²) in [7, 11) is 1.55. The molecule has 0 aliphatic rings. The van der Waals surface area contributed by atoms with Crippen molar-refractivity contribution in [2.45, 2.75) is 283 Å². The van der Waals surface area contributed by atoms with Gasteiger partial charge in [0.05, 0.1) is 39.9 Å². The van der Waals surface area contributed by atoms with Gasteiger partial charge in [-0.25, -0.2) is 4.57 Å². The van der Waals surface area contributed by atoms with E-state index in [1.165, 1.54) is 205 Å². The van der Waals surface area contributed by atoms with Gasteiger partial charge in [0.25, 0.3) is 0 Å². The van der Waals surface area contributed by atoms with Gasteiger partial charge in [0.1, 0.15) is 13.2 Å². The number of allylic oxidation sites excluding steroid dienone is 5. The summed E-state index contributed by atoms with van der Waals surface area (Å²) in [5.41, 5.74) is 0. The maximum Gasteiger partial charge on any atom is 0.472 e. The first-order chi connectivity index (χ1) is 32.0. The predicted molar refractivity (Wildman–Crippen MR) is 286 cm³/mol. The molecule has 0 aromatic carbocycles. The summed E-state index contributed by atoms with van der Waals surface area (Å²) in [6.07, 6.45) is 62.6. The third kappa shape index (κ3) is 50.6. The van der Waals surface area contributed by atoms with Crippen LogP contribution in [0.5, 0.6) is 0 Å². The summed E-state index contributed by atoms with van der Waals surface area (Å²) in [6.45, 7) is 4.82. The number of nitrogens with zero attached hydrogens (tertiary/aromatic N) is 1. The number of carbonyl (C=O) groups is 1. The maximum absolute atomic E-state index is 12.9. The van der Waals surface area contributed by atoms with Crippen molar-refractivity contribution in [2.24, 2.45) is 0 Å².